The second-order valence-electron chi connectivity index (χ2n) is 5.28. The van der Waals surface area contributed by atoms with Crippen molar-refractivity contribution in [1.82, 2.24) is 10.4 Å². The molecule has 1 fully saturated rings. The van der Waals surface area contributed by atoms with Crippen LogP contribution in [0.3, 0.4) is 0 Å². The molecule has 1 saturated heterocycles. The normalized spacial score (nSPS) is 15.4. The minimum absolute atomic E-state index is 0.140. The van der Waals surface area contributed by atoms with Gasteiger partial charge in [0.15, 0.2) is 4.32 Å². The van der Waals surface area contributed by atoms with Gasteiger partial charge < -0.3 is 9.84 Å². The molecule has 1 heterocycles. The number of amides is 2. The van der Waals surface area contributed by atoms with Crippen LogP contribution in [0.1, 0.15) is 15.9 Å². The summed E-state index contributed by atoms with van der Waals surface area (Å²) >= 11 is 6.29. The molecule has 6 nitrogen and oxygen atoms in total. The maximum atomic E-state index is 12.5. The molecule has 0 unspecified atom stereocenters. The molecule has 0 radical (unpaired) electrons. The van der Waals surface area contributed by atoms with E-state index in [4.69, 9.17) is 17.0 Å². The summed E-state index contributed by atoms with van der Waals surface area (Å²) in [7, 11) is 1.54. The van der Waals surface area contributed by atoms with Crippen molar-refractivity contribution in [1.29, 1.82) is 0 Å². The molecule has 26 heavy (non-hydrogen) atoms. The van der Waals surface area contributed by atoms with Gasteiger partial charge in [-0.1, -0.05) is 23.9 Å². The highest BCUT2D eigenvalue weighted by molar-refractivity contribution is 8.26. The fourth-order valence-electron chi connectivity index (χ4n) is 2.19. The van der Waals surface area contributed by atoms with Crippen LogP contribution in [0.5, 0.6) is 11.5 Å². The topological polar surface area (TPSA) is 78.9 Å². The van der Waals surface area contributed by atoms with Gasteiger partial charge in [0, 0.05) is 5.56 Å². The van der Waals surface area contributed by atoms with E-state index in [0.717, 1.165) is 22.3 Å². The molecule has 0 atom stereocenters. The first kappa shape index (κ1) is 18.0. The van der Waals surface area contributed by atoms with Gasteiger partial charge in [-0.3, -0.25) is 15.0 Å². The number of methoxy groups -OCH3 is 1. The van der Waals surface area contributed by atoms with Gasteiger partial charge in [-0.05, 0) is 60.3 Å². The van der Waals surface area contributed by atoms with Crippen molar-refractivity contribution in [3.8, 4) is 11.5 Å². The largest absolute Gasteiger partial charge is 0.508 e. The molecule has 8 heteroatoms. The van der Waals surface area contributed by atoms with Crippen molar-refractivity contribution in [3.63, 3.8) is 0 Å². The lowest BCUT2D eigenvalue weighted by Crippen LogP contribution is -2.44. The van der Waals surface area contributed by atoms with Crippen LogP contribution in [0.4, 0.5) is 0 Å². The summed E-state index contributed by atoms with van der Waals surface area (Å²) in [6.07, 6.45) is 1.65. The number of hydrogen-bond donors (Lipinski definition) is 2. The van der Waals surface area contributed by atoms with Crippen LogP contribution < -0.4 is 10.2 Å². The molecule has 3 rings (SSSR count). The summed E-state index contributed by atoms with van der Waals surface area (Å²) < 4.78 is 5.29. The molecule has 1 aliphatic heterocycles. The molecule has 0 spiro atoms. The third kappa shape index (κ3) is 3.87. The van der Waals surface area contributed by atoms with Gasteiger partial charge in [0.2, 0.25) is 0 Å². The number of nitrogens with zero attached hydrogens (tertiary/aromatic N) is 1. The fraction of sp³-hybridized carbons (Fsp3) is 0.0556. The zero-order valence-corrected chi connectivity index (χ0v) is 15.3. The Labute approximate surface area is 159 Å². The lowest BCUT2D eigenvalue weighted by Gasteiger charge is -2.15. The molecule has 2 aromatic rings. The van der Waals surface area contributed by atoms with E-state index in [9.17, 15) is 14.7 Å². The smallest absolute Gasteiger partial charge is 0.285 e. The van der Waals surface area contributed by atoms with E-state index >= 15 is 0 Å². The second-order valence-corrected chi connectivity index (χ2v) is 6.95. The standard InChI is InChI=1S/C18H14N2O4S2/c1-24-14-8-4-12(5-9-14)16(22)19-20-17(23)15(26-18(20)25)10-11-2-6-13(21)7-3-11/h2-10,21H,1H3,(H,19,22). The average molecular weight is 386 g/mol. The zero-order chi connectivity index (χ0) is 18.7. The number of carbonyl (C=O) groups is 2. The molecule has 2 N–H and O–H groups in total. The molecule has 0 aliphatic carbocycles. The Morgan fingerprint density at radius 2 is 1.85 bits per heavy atom. The minimum Gasteiger partial charge on any atom is -0.508 e. The second kappa shape index (κ2) is 7.59. The van der Waals surface area contributed by atoms with Crippen molar-refractivity contribution in [3.05, 3.63) is 64.6 Å². The van der Waals surface area contributed by atoms with Crippen LogP contribution in [-0.4, -0.2) is 33.4 Å². The molecule has 1 aliphatic rings. The third-order valence-electron chi connectivity index (χ3n) is 3.55. The van der Waals surface area contributed by atoms with Gasteiger partial charge in [0.25, 0.3) is 11.8 Å². The van der Waals surface area contributed by atoms with Crippen molar-refractivity contribution in [2.75, 3.05) is 7.11 Å². The number of rotatable bonds is 4. The lowest BCUT2D eigenvalue weighted by molar-refractivity contribution is -0.123. The van der Waals surface area contributed by atoms with E-state index in [1.165, 1.54) is 19.2 Å². The number of ether oxygens (including phenoxy) is 1. The zero-order valence-electron chi connectivity index (χ0n) is 13.6. The predicted octanol–water partition coefficient (Wildman–Crippen LogP) is 2.95. The van der Waals surface area contributed by atoms with Gasteiger partial charge in [0.1, 0.15) is 11.5 Å². The number of aromatic hydroxyl groups is 1. The molecule has 2 amide bonds. The van der Waals surface area contributed by atoms with Crippen LogP contribution in [-0.2, 0) is 4.79 Å². The molecule has 132 valence electrons. The lowest BCUT2D eigenvalue weighted by atomic mass is 10.2. The van der Waals surface area contributed by atoms with Crippen molar-refractivity contribution < 1.29 is 19.4 Å². The van der Waals surface area contributed by atoms with E-state index in [1.54, 1.807) is 42.5 Å². The quantitative estimate of drug-likeness (QED) is 0.621. The van der Waals surface area contributed by atoms with Gasteiger partial charge >= 0.3 is 0 Å². The van der Waals surface area contributed by atoms with Crippen molar-refractivity contribution in [2.24, 2.45) is 0 Å². The first-order chi connectivity index (χ1) is 12.5. The Balaban J connectivity index is 1.74. The van der Waals surface area contributed by atoms with Crippen molar-refractivity contribution in [2.45, 2.75) is 0 Å². The Morgan fingerprint density at radius 3 is 2.46 bits per heavy atom. The Kier molecular flexibility index (Phi) is 5.24. The van der Waals surface area contributed by atoms with Crippen LogP contribution in [0.15, 0.2) is 53.4 Å². The number of phenols is 1. The highest BCUT2D eigenvalue weighted by Crippen LogP contribution is 2.31. The predicted molar refractivity (Wildman–Crippen MR) is 104 cm³/mol. The van der Waals surface area contributed by atoms with Gasteiger partial charge in [-0.2, -0.15) is 5.01 Å². The number of nitrogens with one attached hydrogen (secondary N) is 1. The number of thioether (sulfide) groups is 1. The minimum atomic E-state index is -0.449. The van der Waals surface area contributed by atoms with Gasteiger partial charge in [0.05, 0.1) is 12.0 Å². The molecule has 0 aromatic heterocycles. The first-order valence-electron chi connectivity index (χ1n) is 7.50. The number of hydrogen-bond acceptors (Lipinski definition) is 6. The van der Waals surface area contributed by atoms with E-state index in [2.05, 4.69) is 5.43 Å². The maximum absolute atomic E-state index is 12.5. The Bertz CT molecular complexity index is 892. The summed E-state index contributed by atoms with van der Waals surface area (Å²) in [6, 6.07) is 12.9. The molecule has 0 bridgehead atoms. The Morgan fingerprint density at radius 1 is 1.19 bits per heavy atom. The van der Waals surface area contributed by atoms with Crippen LogP contribution >= 0.6 is 24.0 Å². The van der Waals surface area contributed by atoms with Crippen LogP contribution in [0, 0.1) is 0 Å². The molecular weight excluding hydrogens is 372 g/mol. The van der Waals surface area contributed by atoms with Gasteiger partial charge in [-0.25, -0.2) is 0 Å². The maximum Gasteiger partial charge on any atom is 0.285 e. The number of phenolic OH excluding ortho intramolecular Hbond substituents is 1. The van der Waals surface area contributed by atoms with Gasteiger partial charge in [-0.15, -0.1) is 0 Å². The first-order valence-corrected chi connectivity index (χ1v) is 8.72. The molecular formula is C18H14N2O4S2. The molecule has 2 aromatic carbocycles. The van der Waals surface area contributed by atoms with Crippen molar-refractivity contribution >= 4 is 46.2 Å². The summed E-state index contributed by atoms with van der Waals surface area (Å²) in [6.45, 7) is 0. The number of thiocarbonyl (C=S) groups is 1. The van der Waals surface area contributed by atoms with Crippen LogP contribution in [0.2, 0.25) is 0 Å². The number of benzene rings is 2. The number of hydrazine groups is 1. The van der Waals surface area contributed by atoms with E-state index in [1.807, 2.05) is 0 Å². The highest BCUT2D eigenvalue weighted by Gasteiger charge is 2.33. The van der Waals surface area contributed by atoms with Crippen LogP contribution in [0.25, 0.3) is 6.08 Å². The monoisotopic (exact) mass is 386 g/mol. The summed E-state index contributed by atoms with van der Waals surface area (Å²) in [5.74, 6) is -0.0878. The molecule has 0 saturated carbocycles. The average Bonchev–Trinajstić information content (AvgIpc) is 2.91. The Hall–Kier alpha value is -2.84. The van der Waals surface area contributed by atoms with E-state index in [0.29, 0.717) is 16.2 Å². The number of carbonyl (C=O) groups excluding carboxylic acids is 2. The SMILES string of the molecule is COc1ccc(C(=O)NN2C(=O)C(=Cc3ccc(O)cc3)SC2=S)cc1. The highest BCUT2D eigenvalue weighted by atomic mass is 32.2. The van der Waals surface area contributed by atoms with E-state index in [-0.39, 0.29) is 10.1 Å². The summed E-state index contributed by atoms with van der Waals surface area (Å²) in [4.78, 5) is 25.2. The van der Waals surface area contributed by atoms with E-state index < -0.39 is 11.8 Å². The third-order valence-corrected chi connectivity index (χ3v) is 4.85. The summed E-state index contributed by atoms with van der Waals surface area (Å²) in [5, 5.41) is 10.4. The summed E-state index contributed by atoms with van der Waals surface area (Å²) in [5.41, 5.74) is 3.64. The fourth-order valence-corrected chi connectivity index (χ4v) is 3.37.